The van der Waals surface area contributed by atoms with E-state index in [1.165, 1.54) is 5.56 Å². The highest BCUT2D eigenvalue weighted by Gasteiger charge is 2.23. The fourth-order valence-electron chi connectivity index (χ4n) is 3.72. The van der Waals surface area contributed by atoms with Gasteiger partial charge in [0.05, 0.1) is 18.5 Å². The van der Waals surface area contributed by atoms with Gasteiger partial charge in [-0.3, -0.25) is 9.69 Å². The highest BCUT2D eigenvalue weighted by molar-refractivity contribution is 7.17. The van der Waals surface area contributed by atoms with Gasteiger partial charge in [0.25, 0.3) is 0 Å². The Hall–Kier alpha value is -2.71. The topological polar surface area (TPSA) is 70.6 Å². The normalized spacial score (nSPS) is 14.8. The zero-order valence-corrected chi connectivity index (χ0v) is 18.5. The Labute approximate surface area is 180 Å². The van der Waals surface area contributed by atoms with Crippen molar-refractivity contribution in [2.24, 2.45) is 0 Å². The van der Waals surface area contributed by atoms with Crippen molar-refractivity contribution in [2.75, 3.05) is 49.5 Å². The molecule has 8 heteroatoms. The second-order valence-electron chi connectivity index (χ2n) is 7.46. The lowest BCUT2D eigenvalue weighted by atomic mass is 10.2. The number of nitrogens with one attached hydrogen (secondary N) is 1. The largest absolute Gasteiger partial charge is 0.494 e. The van der Waals surface area contributed by atoms with E-state index in [0.717, 1.165) is 59.5 Å². The number of rotatable bonds is 6. The maximum Gasteiger partial charge on any atom is 0.238 e. The van der Waals surface area contributed by atoms with Crippen LogP contribution in [0.15, 0.2) is 29.6 Å². The summed E-state index contributed by atoms with van der Waals surface area (Å²) in [6.07, 6.45) is 0. The standard InChI is InChI=1S/C22H27N5O2S/c1-4-29-18-7-5-17(6-8-18)25-19(28)13-26-9-11-27(12-10-26)21-20-15(2)14-30-22(20)24-16(3)23-21/h5-8,14H,4,9-13H2,1-3H3,(H,25,28). The quantitative estimate of drug-likeness (QED) is 0.652. The summed E-state index contributed by atoms with van der Waals surface area (Å²) in [7, 11) is 0. The van der Waals surface area contributed by atoms with Crippen LogP contribution in [0.4, 0.5) is 11.5 Å². The third kappa shape index (κ3) is 4.55. The van der Waals surface area contributed by atoms with E-state index in [2.05, 4.69) is 32.4 Å². The molecule has 1 fully saturated rings. The van der Waals surface area contributed by atoms with Crippen molar-refractivity contribution >= 4 is 39.0 Å². The minimum atomic E-state index is 0.00144. The Morgan fingerprint density at radius 2 is 1.87 bits per heavy atom. The number of aryl methyl sites for hydroxylation is 2. The molecule has 0 atom stereocenters. The van der Waals surface area contributed by atoms with Crippen molar-refractivity contribution in [1.82, 2.24) is 14.9 Å². The number of anilines is 2. The predicted molar refractivity (Wildman–Crippen MR) is 122 cm³/mol. The molecule has 0 saturated carbocycles. The SMILES string of the molecule is CCOc1ccc(NC(=O)CN2CCN(c3nc(C)nc4scc(C)c34)CC2)cc1. The molecule has 0 bridgehead atoms. The van der Waals surface area contributed by atoms with E-state index in [1.807, 2.05) is 38.1 Å². The molecule has 0 spiro atoms. The van der Waals surface area contributed by atoms with Crippen LogP contribution in [-0.2, 0) is 4.79 Å². The molecule has 1 aliphatic rings. The predicted octanol–water partition coefficient (Wildman–Crippen LogP) is 3.47. The van der Waals surface area contributed by atoms with Crippen LogP contribution in [0, 0.1) is 13.8 Å². The molecule has 3 aromatic rings. The Kier molecular flexibility index (Phi) is 6.15. The van der Waals surface area contributed by atoms with Crippen LogP contribution in [0.3, 0.4) is 0 Å². The molecule has 0 unspecified atom stereocenters. The number of ether oxygens (including phenoxy) is 1. The van der Waals surface area contributed by atoms with Crippen molar-refractivity contribution in [1.29, 1.82) is 0 Å². The van der Waals surface area contributed by atoms with Gasteiger partial charge in [-0.1, -0.05) is 0 Å². The van der Waals surface area contributed by atoms with Crippen LogP contribution in [-0.4, -0.2) is 60.1 Å². The van der Waals surface area contributed by atoms with Gasteiger partial charge in [0.2, 0.25) is 5.91 Å². The van der Waals surface area contributed by atoms with Gasteiger partial charge in [-0.2, -0.15) is 0 Å². The van der Waals surface area contributed by atoms with E-state index in [4.69, 9.17) is 9.72 Å². The Bertz CT molecular complexity index is 1030. The molecule has 30 heavy (non-hydrogen) atoms. The molecule has 1 N–H and O–H groups in total. The monoisotopic (exact) mass is 425 g/mol. The van der Waals surface area contributed by atoms with Gasteiger partial charge in [0.15, 0.2) is 0 Å². The van der Waals surface area contributed by atoms with Crippen molar-refractivity contribution in [3.63, 3.8) is 0 Å². The maximum atomic E-state index is 12.5. The molecule has 7 nitrogen and oxygen atoms in total. The lowest BCUT2D eigenvalue weighted by Gasteiger charge is -2.35. The summed E-state index contributed by atoms with van der Waals surface area (Å²) in [5.74, 6) is 2.63. The third-order valence-corrected chi connectivity index (χ3v) is 6.19. The molecule has 1 aromatic carbocycles. The number of hydrogen-bond donors (Lipinski definition) is 1. The van der Waals surface area contributed by atoms with Gasteiger partial charge in [-0.05, 0) is 56.0 Å². The van der Waals surface area contributed by atoms with Gasteiger partial charge < -0.3 is 15.0 Å². The van der Waals surface area contributed by atoms with Crippen molar-refractivity contribution in [3.8, 4) is 5.75 Å². The Morgan fingerprint density at radius 3 is 2.57 bits per heavy atom. The van der Waals surface area contributed by atoms with Crippen LogP contribution in [0.25, 0.3) is 10.2 Å². The first-order valence-electron chi connectivity index (χ1n) is 10.3. The minimum absolute atomic E-state index is 0.00144. The molecule has 0 aliphatic carbocycles. The summed E-state index contributed by atoms with van der Waals surface area (Å²) in [5.41, 5.74) is 2.01. The van der Waals surface area contributed by atoms with E-state index >= 15 is 0 Å². The van der Waals surface area contributed by atoms with Crippen molar-refractivity contribution in [3.05, 3.63) is 41.0 Å². The van der Waals surface area contributed by atoms with Crippen molar-refractivity contribution in [2.45, 2.75) is 20.8 Å². The van der Waals surface area contributed by atoms with Crippen LogP contribution in [0.5, 0.6) is 5.75 Å². The summed E-state index contributed by atoms with van der Waals surface area (Å²) in [6.45, 7) is 10.4. The summed E-state index contributed by atoms with van der Waals surface area (Å²) < 4.78 is 5.44. The highest BCUT2D eigenvalue weighted by atomic mass is 32.1. The molecule has 158 valence electrons. The van der Waals surface area contributed by atoms with Gasteiger partial charge in [0, 0.05) is 31.9 Å². The highest BCUT2D eigenvalue weighted by Crippen LogP contribution is 2.32. The summed E-state index contributed by atoms with van der Waals surface area (Å²) >= 11 is 1.67. The second kappa shape index (κ2) is 8.97. The summed E-state index contributed by atoms with van der Waals surface area (Å²) in [6, 6.07) is 7.48. The molecule has 1 amide bonds. The molecule has 3 heterocycles. The number of benzene rings is 1. The number of piperazine rings is 1. The lowest BCUT2D eigenvalue weighted by molar-refractivity contribution is -0.117. The summed E-state index contributed by atoms with van der Waals surface area (Å²) in [5, 5.41) is 6.27. The molecule has 4 rings (SSSR count). The first kappa shape index (κ1) is 20.6. The maximum absolute atomic E-state index is 12.5. The summed E-state index contributed by atoms with van der Waals surface area (Å²) in [4.78, 5) is 27.3. The smallest absolute Gasteiger partial charge is 0.238 e. The van der Waals surface area contributed by atoms with Crippen LogP contribution in [0.2, 0.25) is 0 Å². The van der Waals surface area contributed by atoms with Crippen LogP contribution >= 0.6 is 11.3 Å². The number of hydrogen-bond acceptors (Lipinski definition) is 7. The number of thiophene rings is 1. The number of fused-ring (bicyclic) bond motifs is 1. The van der Waals surface area contributed by atoms with E-state index in [0.29, 0.717) is 13.2 Å². The number of aromatic nitrogens is 2. The molecule has 2 aromatic heterocycles. The number of nitrogens with zero attached hydrogens (tertiary/aromatic N) is 4. The average molecular weight is 426 g/mol. The Morgan fingerprint density at radius 1 is 1.13 bits per heavy atom. The fraction of sp³-hybridized carbons (Fsp3) is 0.409. The fourth-order valence-corrected chi connectivity index (χ4v) is 4.68. The number of amides is 1. The van der Waals surface area contributed by atoms with E-state index < -0.39 is 0 Å². The lowest BCUT2D eigenvalue weighted by Crippen LogP contribution is -2.49. The van der Waals surface area contributed by atoms with E-state index in [1.54, 1.807) is 11.3 Å². The van der Waals surface area contributed by atoms with Crippen molar-refractivity contribution < 1.29 is 9.53 Å². The third-order valence-electron chi connectivity index (χ3n) is 5.20. The van der Waals surface area contributed by atoms with Gasteiger partial charge in [0.1, 0.15) is 22.2 Å². The van der Waals surface area contributed by atoms with E-state index in [9.17, 15) is 4.79 Å². The molecular formula is C22H27N5O2S. The van der Waals surface area contributed by atoms with Crippen LogP contribution < -0.4 is 15.0 Å². The second-order valence-corrected chi connectivity index (χ2v) is 8.32. The van der Waals surface area contributed by atoms with E-state index in [-0.39, 0.29) is 5.91 Å². The van der Waals surface area contributed by atoms with Gasteiger partial charge in [-0.15, -0.1) is 11.3 Å². The first-order valence-corrected chi connectivity index (χ1v) is 11.1. The number of carbonyl (C=O) groups excluding carboxylic acids is 1. The zero-order chi connectivity index (χ0) is 21.1. The molecule has 1 aliphatic heterocycles. The van der Waals surface area contributed by atoms with Crippen LogP contribution in [0.1, 0.15) is 18.3 Å². The molecule has 1 saturated heterocycles. The minimum Gasteiger partial charge on any atom is -0.494 e. The zero-order valence-electron chi connectivity index (χ0n) is 17.6. The average Bonchev–Trinajstić information content (AvgIpc) is 3.10. The molecular weight excluding hydrogens is 398 g/mol. The van der Waals surface area contributed by atoms with Gasteiger partial charge >= 0.3 is 0 Å². The molecule has 0 radical (unpaired) electrons. The first-order chi connectivity index (χ1) is 14.5. The Balaban J connectivity index is 1.34. The number of carbonyl (C=O) groups is 1. The van der Waals surface area contributed by atoms with Gasteiger partial charge in [-0.25, -0.2) is 9.97 Å².